The maximum atomic E-state index is 11.8. The Morgan fingerprint density at radius 2 is 2.27 bits per heavy atom. The van der Waals surface area contributed by atoms with Gasteiger partial charge in [0.25, 0.3) is 0 Å². The Morgan fingerprint density at radius 1 is 1.60 bits per heavy atom. The number of amides is 1. The van der Waals surface area contributed by atoms with Crippen LogP contribution in [0.3, 0.4) is 0 Å². The second-order valence-corrected chi connectivity index (χ2v) is 4.62. The molecule has 0 aromatic heterocycles. The summed E-state index contributed by atoms with van der Waals surface area (Å²) >= 11 is 1.58. The van der Waals surface area contributed by atoms with Crippen LogP contribution in [0, 0.1) is 0 Å². The SMILES string of the molecule is CNC(C)C(=O)N1CCSCC1C(=O)O. The second-order valence-electron chi connectivity index (χ2n) is 3.47. The van der Waals surface area contributed by atoms with Crippen LogP contribution in [-0.4, -0.2) is 59.1 Å². The highest BCUT2D eigenvalue weighted by molar-refractivity contribution is 7.99. The number of hydrogen-bond donors (Lipinski definition) is 2. The number of carbonyl (C=O) groups is 2. The van der Waals surface area contributed by atoms with Crippen molar-refractivity contribution in [3.8, 4) is 0 Å². The van der Waals surface area contributed by atoms with Crippen molar-refractivity contribution in [3.05, 3.63) is 0 Å². The minimum absolute atomic E-state index is 0.134. The van der Waals surface area contributed by atoms with Crippen molar-refractivity contribution < 1.29 is 14.7 Å². The van der Waals surface area contributed by atoms with Gasteiger partial charge in [0.2, 0.25) is 5.91 Å². The Labute approximate surface area is 93.2 Å². The second kappa shape index (κ2) is 5.37. The zero-order valence-corrected chi connectivity index (χ0v) is 9.71. The van der Waals surface area contributed by atoms with Gasteiger partial charge in [-0.25, -0.2) is 4.79 Å². The third-order valence-corrected chi connectivity index (χ3v) is 3.52. The van der Waals surface area contributed by atoms with E-state index in [1.165, 1.54) is 4.90 Å². The van der Waals surface area contributed by atoms with Crippen LogP contribution in [0.15, 0.2) is 0 Å². The molecule has 0 aromatic rings. The Hall–Kier alpha value is -0.750. The largest absolute Gasteiger partial charge is 0.480 e. The highest BCUT2D eigenvalue weighted by Gasteiger charge is 2.33. The van der Waals surface area contributed by atoms with Gasteiger partial charge in [0.05, 0.1) is 6.04 Å². The van der Waals surface area contributed by atoms with Crippen molar-refractivity contribution in [1.82, 2.24) is 10.2 Å². The van der Waals surface area contributed by atoms with Gasteiger partial charge in [-0.1, -0.05) is 0 Å². The lowest BCUT2D eigenvalue weighted by molar-refractivity contribution is -0.149. The molecule has 1 rings (SSSR count). The van der Waals surface area contributed by atoms with Crippen LogP contribution >= 0.6 is 11.8 Å². The topological polar surface area (TPSA) is 69.6 Å². The van der Waals surface area contributed by atoms with E-state index in [-0.39, 0.29) is 11.9 Å². The molecule has 0 saturated carbocycles. The molecule has 0 spiro atoms. The Balaban J connectivity index is 2.71. The lowest BCUT2D eigenvalue weighted by Crippen LogP contribution is -2.55. The number of nitrogens with one attached hydrogen (secondary N) is 1. The molecule has 1 aliphatic heterocycles. The van der Waals surface area contributed by atoms with Crippen molar-refractivity contribution in [2.75, 3.05) is 25.1 Å². The number of carbonyl (C=O) groups excluding carboxylic acids is 1. The maximum Gasteiger partial charge on any atom is 0.327 e. The van der Waals surface area contributed by atoms with Crippen LogP contribution < -0.4 is 5.32 Å². The molecule has 15 heavy (non-hydrogen) atoms. The average molecular weight is 232 g/mol. The van der Waals surface area contributed by atoms with Crippen LogP contribution in [0.2, 0.25) is 0 Å². The van der Waals surface area contributed by atoms with Gasteiger partial charge < -0.3 is 15.3 Å². The van der Waals surface area contributed by atoms with E-state index in [2.05, 4.69) is 5.32 Å². The smallest absolute Gasteiger partial charge is 0.327 e. The number of carboxylic acids is 1. The molecule has 1 aliphatic rings. The summed E-state index contributed by atoms with van der Waals surface area (Å²) in [5.41, 5.74) is 0. The van der Waals surface area contributed by atoms with Crippen molar-refractivity contribution >= 4 is 23.6 Å². The monoisotopic (exact) mass is 232 g/mol. The summed E-state index contributed by atoms with van der Waals surface area (Å²) in [6.07, 6.45) is 0. The fraction of sp³-hybridized carbons (Fsp3) is 0.778. The van der Waals surface area contributed by atoms with Crippen LogP contribution in [0.25, 0.3) is 0 Å². The molecule has 0 radical (unpaired) electrons. The molecular weight excluding hydrogens is 216 g/mol. The van der Waals surface area contributed by atoms with E-state index < -0.39 is 12.0 Å². The van der Waals surface area contributed by atoms with Gasteiger partial charge >= 0.3 is 5.97 Å². The Bertz CT molecular complexity index is 260. The van der Waals surface area contributed by atoms with Crippen molar-refractivity contribution in [2.45, 2.75) is 19.0 Å². The van der Waals surface area contributed by atoms with Crippen molar-refractivity contribution in [1.29, 1.82) is 0 Å². The molecule has 1 heterocycles. The van der Waals surface area contributed by atoms with Gasteiger partial charge in [0.1, 0.15) is 6.04 Å². The van der Waals surface area contributed by atoms with Gasteiger partial charge in [-0.3, -0.25) is 4.79 Å². The number of nitrogens with zero attached hydrogens (tertiary/aromatic N) is 1. The lowest BCUT2D eigenvalue weighted by Gasteiger charge is -2.34. The molecule has 0 aliphatic carbocycles. The van der Waals surface area contributed by atoms with Crippen LogP contribution in [0.1, 0.15) is 6.92 Å². The molecule has 0 aromatic carbocycles. The number of hydrogen-bond acceptors (Lipinski definition) is 4. The van der Waals surface area contributed by atoms with Crippen LogP contribution in [-0.2, 0) is 9.59 Å². The van der Waals surface area contributed by atoms with Crippen molar-refractivity contribution in [2.24, 2.45) is 0 Å². The predicted molar refractivity (Wildman–Crippen MR) is 59.0 cm³/mol. The zero-order valence-electron chi connectivity index (χ0n) is 8.90. The third-order valence-electron chi connectivity index (χ3n) is 2.50. The summed E-state index contributed by atoms with van der Waals surface area (Å²) in [6.45, 7) is 2.26. The van der Waals surface area contributed by atoms with Gasteiger partial charge in [0, 0.05) is 18.1 Å². The summed E-state index contributed by atoms with van der Waals surface area (Å²) in [7, 11) is 1.69. The van der Waals surface area contributed by atoms with E-state index in [9.17, 15) is 9.59 Å². The molecule has 2 atom stereocenters. The zero-order chi connectivity index (χ0) is 11.4. The van der Waals surface area contributed by atoms with Gasteiger partial charge in [-0.2, -0.15) is 11.8 Å². The quantitative estimate of drug-likeness (QED) is 0.694. The van der Waals surface area contributed by atoms with Crippen molar-refractivity contribution in [3.63, 3.8) is 0 Å². The predicted octanol–water partition coefficient (Wildman–Crippen LogP) is -0.377. The molecule has 5 nitrogen and oxygen atoms in total. The Morgan fingerprint density at radius 3 is 2.80 bits per heavy atom. The Kier molecular flexibility index (Phi) is 4.41. The molecule has 6 heteroatoms. The normalized spacial score (nSPS) is 23.6. The van der Waals surface area contributed by atoms with E-state index in [0.717, 1.165) is 5.75 Å². The molecule has 0 bridgehead atoms. The molecule has 1 fully saturated rings. The fourth-order valence-electron chi connectivity index (χ4n) is 1.44. The van der Waals surface area contributed by atoms with Gasteiger partial charge in [-0.15, -0.1) is 0 Å². The highest BCUT2D eigenvalue weighted by atomic mass is 32.2. The van der Waals surface area contributed by atoms with Gasteiger partial charge in [0.15, 0.2) is 0 Å². The van der Waals surface area contributed by atoms with E-state index in [4.69, 9.17) is 5.11 Å². The molecule has 86 valence electrons. The summed E-state index contributed by atoms with van der Waals surface area (Å²) in [4.78, 5) is 24.2. The minimum Gasteiger partial charge on any atom is -0.480 e. The molecular formula is C9H16N2O3S. The summed E-state index contributed by atoms with van der Waals surface area (Å²) in [6, 6.07) is -0.998. The third kappa shape index (κ3) is 2.85. The van der Waals surface area contributed by atoms with Gasteiger partial charge in [-0.05, 0) is 14.0 Å². The summed E-state index contributed by atoms with van der Waals surface area (Å²) in [5.74, 6) is 0.243. The first-order valence-corrected chi connectivity index (χ1v) is 6.01. The summed E-state index contributed by atoms with van der Waals surface area (Å²) < 4.78 is 0. The van der Waals surface area contributed by atoms with Crippen LogP contribution in [0.5, 0.6) is 0 Å². The average Bonchev–Trinajstić information content (AvgIpc) is 2.27. The van der Waals surface area contributed by atoms with E-state index in [0.29, 0.717) is 12.3 Å². The standard InChI is InChI=1S/C9H16N2O3S/c1-6(10-2)8(12)11-3-4-15-5-7(11)9(13)14/h6-7,10H,3-5H2,1-2H3,(H,13,14). The van der Waals surface area contributed by atoms with Crippen LogP contribution in [0.4, 0.5) is 0 Å². The fourth-order valence-corrected chi connectivity index (χ4v) is 2.48. The van der Waals surface area contributed by atoms with E-state index in [1.54, 1.807) is 25.7 Å². The first-order valence-electron chi connectivity index (χ1n) is 4.86. The summed E-state index contributed by atoms with van der Waals surface area (Å²) in [5, 5.41) is 11.8. The number of likely N-dealkylation sites (N-methyl/N-ethyl adjacent to an activating group) is 1. The molecule has 2 unspecified atom stereocenters. The lowest BCUT2D eigenvalue weighted by atomic mass is 10.2. The molecule has 1 saturated heterocycles. The number of thioether (sulfide) groups is 1. The molecule has 1 amide bonds. The first kappa shape index (κ1) is 12.3. The highest BCUT2D eigenvalue weighted by Crippen LogP contribution is 2.17. The first-order chi connectivity index (χ1) is 7.07. The minimum atomic E-state index is -0.918. The van der Waals surface area contributed by atoms with E-state index >= 15 is 0 Å². The molecule has 2 N–H and O–H groups in total. The number of carboxylic acid groups (broad SMARTS) is 1. The maximum absolute atomic E-state index is 11.8. The van der Waals surface area contributed by atoms with E-state index in [1.807, 2.05) is 0 Å². The number of rotatable bonds is 3. The number of aliphatic carboxylic acids is 1.